The van der Waals surface area contributed by atoms with Gasteiger partial charge in [-0.1, -0.05) is 51.3 Å². The summed E-state index contributed by atoms with van der Waals surface area (Å²) >= 11 is 0. The van der Waals surface area contributed by atoms with Crippen LogP contribution >= 0.6 is 0 Å². The van der Waals surface area contributed by atoms with E-state index in [2.05, 4.69) is 24.1 Å². The fourth-order valence-corrected chi connectivity index (χ4v) is 4.49. The van der Waals surface area contributed by atoms with E-state index in [0.717, 1.165) is 24.6 Å². The van der Waals surface area contributed by atoms with E-state index in [-0.39, 0.29) is 11.7 Å². The molecule has 162 valence electrons. The molecule has 4 nitrogen and oxygen atoms in total. The van der Waals surface area contributed by atoms with Gasteiger partial charge in [-0.15, -0.1) is 0 Å². The van der Waals surface area contributed by atoms with Crippen molar-refractivity contribution in [1.82, 2.24) is 4.98 Å². The molecule has 31 heavy (non-hydrogen) atoms. The number of nitrogens with zero attached hydrogens (tertiary/aromatic N) is 1. The average molecular weight is 421 g/mol. The molecule has 1 N–H and O–H groups in total. The fourth-order valence-electron chi connectivity index (χ4n) is 4.49. The summed E-state index contributed by atoms with van der Waals surface area (Å²) in [7, 11) is 0. The highest BCUT2D eigenvalue weighted by Crippen LogP contribution is 2.42. The van der Waals surface area contributed by atoms with Gasteiger partial charge in [-0.2, -0.15) is 0 Å². The molecule has 0 saturated heterocycles. The second-order valence-corrected chi connectivity index (χ2v) is 8.79. The van der Waals surface area contributed by atoms with Crippen molar-refractivity contribution in [1.29, 1.82) is 0 Å². The second kappa shape index (κ2) is 9.04. The van der Waals surface area contributed by atoms with Gasteiger partial charge in [-0.3, -0.25) is 9.78 Å². The van der Waals surface area contributed by atoms with Gasteiger partial charge in [0.1, 0.15) is 17.1 Å². The molecule has 1 aromatic heterocycles. The zero-order valence-corrected chi connectivity index (χ0v) is 18.2. The number of halogens is 1. The molecular formula is C26H29FN2O2. The van der Waals surface area contributed by atoms with Crippen molar-refractivity contribution in [3.8, 4) is 5.75 Å². The third kappa shape index (κ3) is 4.27. The summed E-state index contributed by atoms with van der Waals surface area (Å²) in [6, 6.07) is 14.2. The predicted octanol–water partition coefficient (Wildman–Crippen LogP) is 6.25. The molecular weight excluding hydrogens is 391 g/mol. The summed E-state index contributed by atoms with van der Waals surface area (Å²) in [4.78, 5) is 18.1. The molecule has 1 amide bonds. The molecule has 5 heteroatoms. The Kier molecular flexibility index (Phi) is 6.21. The molecule has 0 atom stereocenters. The minimum Gasteiger partial charge on any atom is -0.491 e. The molecule has 1 saturated carbocycles. The first-order chi connectivity index (χ1) is 15.0. The lowest BCUT2D eigenvalue weighted by atomic mass is 9.68. The summed E-state index contributed by atoms with van der Waals surface area (Å²) in [5.41, 5.74) is 1.02. The van der Waals surface area contributed by atoms with Gasteiger partial charge in [0.2, 0.25) is 5.91 Å². The number of hydrogen-bond donors (Lipinski definition) is 1. The van der Waals surface area contributed by atoms with Crippen LogP contribution in [0.4, 0.5) is 10.1 Å². The molecule has 0 radical (unpaired) electrons. The normalized spacial score (nSPS) is 15.7. The average Bonchev–Trinajstić information content (AvgIpc) is 2.79. The Labute approximate surface area is 182 Å². The molecule has 0 spiro atoms. The topological polar surface area (TPSA) is 51.2 Å². The first kappa shape index (κ1) is 21.3. The van der Waals surface area contributed by atoms with Gasteiger partial charge in [0.15, 0.2) is 0 Å². The molecule has 1 fully saturated rings. The van der Waals surface area contributed by atoms with Crippen molar-refractivity contribution in [2.45, 2.75) is 51.4 Å². The van der Waals surface area contributed by atoms with Crippen molar-refractivity contribution in [3.63, 3.8) is 0 Å². The van der Waals surface area contributed by atoms with Crippen molar-refractivity contribution in [2.75, 3.05) is 11.9 Å². The van der Waals surface area contributed by atoms with Gasteiger partial charge in [0.05, 0.1) is 17.7 Å². The maximum atomic E-state index is 14.8. The van der Waals surface area contributed by atoms with Crippen LogP contribution < -0.4 is 10.1 Å². The van der Waals surface area contributed by atoms with E-state index in [1.165, 1.54) is 6.07 Å². The van der Waals surface area contributed by atoms with Crippen LogP contribution in [0.5, 0.6) is 5.75 Å². The van der Waals surface area contributed by atoms with Crippen molar-refractivity contribution in [2.24, 2.45) is 5.92 Å². The molecule has 1 aliphatic carbocycles. The number of hydrogen-bond acceptors (Lipinski definition) is 3. The van der Waals surface area contributed by atoms with Crippen LogP contribution in [0.2, 0.25) is 0 Å². The number of pyridine rings is 1. The lowest BCUT2D eigenvalue weighted by Crippen LogP contribution is -2.42. The number of aromatic nitrogens is 1. The summed E-state index contributed by atoms with van der Waals surface area (Å²) in [6.07, 6.45) is 5.89. The van der Waals surface area contributed by atoms with Gasteiger partial charge in [-0.25, -0.2) is 4.39 Å². The van der Waals surface area contributed by atoms with Crippen molar-refractivity contribution >= 4 is 22.5 Å². The van der Waals surface area contributed by atoms with Crippen LogP contribution in [0, 0.1) is 11.7 Å². The summed E-state index contributed by atoms with van der Waals surface area (Å²) in [6.45, 7) is 4.78. The number of amides is 1. The number of nitrogens with one attached hydrogen (secondary N) is 1. The Morgan fingerprint density at radius 2 is 1.87 bits per heavy atom. The van der Waals surface area contributed by atoms with Crippen LogP contribution in [-0.2, 0) is 10.2 Å². The summed E-state index contributed by atoms with van der Waals surface area (Å²) in [5, 5.41) is 3.93. The Hall–Kier alpha value is -2.95. The lowest BCUT2D eigenvalue weighted by Gasteiger charge is -2.36. The van der Waals surface area contributed by atoms with E-state index in [1.54, 1.807) is 18.3 Å². The van der Waals surface area contributed by atoms with Gasteiger partial charge in [0.25, 0.3) is 0 Å². The fraction of sp³-hybridized carbons (Fsp3) is 0.385. The Morgan fingerprint density at radius 1 is 1.10 bits per heavy atom. The maximum Gasteiger partial charge on any atom is 0.235 e. The number of anilines is 1. The minimum atomic E-state index is -0.856. The second-order valence-electron chi connectivity index (χ2n) is 8.79. The van der Waals surface area contributed by atoms with Gasteiger partial charge in [-0.05, 0) is 49.1 Å². The van der Waals surface area contributed by atoms with Crippen LogP contribution in [0.15, 0.2) is 54.7 Å². The largest absolute Gasteiger partial charge is 0.491 e. The molecule has 0 unspecified atom stereocenters. The summed E-state index contributed by atoms with van der Waals surface area (Å²) in [5.74, 6) is 0.621. The zero-order chi connectivity index (χ0) is 21.8. The lowest BCUT2D eigenvalue weighted by molar-refractivity contribution is -0.122. The highest BCUT2D eigenvalue weighted by atomic mass is 19.1. The van der Waals surface area contributed by atoms with Crippen LogP contribution in [-0.4, -0.2) is 17.5 Å². The van der Waals surface area contributed by atoms with Gasteiger partial charge < -0.3 is 10.1 Å². The monoisotopic (exact) mass is 420 g/mol. The number of ether oxygens (including phenoxy) is 1. The SMILES string of the molecule is CC(C)COc1ccc(NC(=O)C2(c3ccccc3F)CCCCC2)c2cccnc12. The van der Waals surface area contributed by atoms with E-state index in [9.17, 15) is 9.18 Å². The quantitative estimate of drug-likeness (QED) is 0.513. The molecule has 0 bridgehead atoms. The Bertz CT molecular complexity index is 1070. The van der Waals surface area contributed by atoms with E-state index in [1.807, 2.05) is 30.3 Å². The predicted molar refractivity (Wildman–Crippen MR) is 122 cm³/mol. The highest BCUT2D eigenvalue weighted by molar-refractivity contribution is 6.06. The molecule has 1 aliphatic rings. The highest BCUT2D eigenvalue weighted by Gasteiger charge is 2.43. The molecule has 1 heterocycles. The van der Waals surface area contributed by atoms with Crippen LogP contribution in [0.3, 0.4) is 0 Å². The minimum absolute atomic E-state index is 0.154. The smallest absolute Gasteiger partial charge is 0.235 e. The van der Waals surface area contributed by atoms with Crippen molar-refractivity contribution < 1.29 is 13.9 Å². The number of rotatable bonds is 6. The van der Waals surface area contributed by atoms with Crippen LogP contribution in [0.25, 0.3) is 10.9 Å². The van der Waals surface area contributed by atoms with E-state index < -0.39 is 5.41 Å². The van der Waals surface area contributed by atoms with E-state index in [4.69, 9.17) is 4.74 Å². The molecule has 0 aliphatic heterocycles. The maximum absolute atomic E-state index is 14.8. The standard InChI is InChI=1S/C26H29FN2O2/c1-18(2)17-31-23-13-12-22(19-9-8-16-28-24(19)23)29-25(30)26(14-6-3-7-15-26)20-10-4-5-11-21(20)27/h4-5,8-13,16,18H,3,6-7,14-15,17H2,1-2H3,(H,29,30). The van der Waals surface area contributed by atoms with E-state index in [0.29, 0.717) is 47.9 Å². The zero-order valence-electron chi connectivity index (χ0n) is 18.2. The number of carbonyl (C=O) groups excluding carboxylic acids is 1. The van der Waals surface area contributed by atoms with E-state index >= 15 is 0 Å². The molecule has 3 aromatic rings. The number of benzene rings is 2. The Morgan fingerprint density at radius 3 is 2.61 bits per heavy atom. The number of carbonyl (C=O) groups is 1. The molecule has 2 aromatic carbocycles. The van der Waals surface area contributed by atoms with Crippen LogP contribution in [0.1, 0.15) is 51.5 Å². The first-order valence-corrected chi connectivity index (χ1v) is 11.1. The third-order valence-electron chi connectivity index (χ3n) is 6.08. The Balaban J connectivity index is 1.70. The van der Waals surface area contributed by atoms with Gasteiger partial charge in [0, 0.05) is 17.1 Å². The molecule has 4 rings (SSSR count). The number of fused-ring (bicyclic) bond motifs is 1. The summed E-state index contributed by atoms with van der Waals surface area (Å²) < 4.78 is 20.7. The van der Waals surface area contributed by atoms with Gasteiger partial charge >= 0.3 is 0 Å². The van der Waals surface area contributed by atoms with Crippen molar-refractivity contribution in [3.05, 3.63) is 66.1 Å². The third-order valence-corrected chi connectivity index (χ3v) is 6.08. The first-order valence-electron chi connectivity index (χ1n) is 11.1.